The molecule has 0 bridgehead atoms. The lowest BCUT2D eigenvalue weighted by Gasteiger charge is -2.06. The Morgan fingerprint density at radius 1 is 0.778 bits per heavy atom. The van der Waals surface area contributed by atoms with Gasteiger partial charge in [-0.05, 0) is 0 Å². The second-order valence-electron chi connectivity index (χ2n) is 2.89. The smallest absolute Gasteiger partial charge is 0.345 e. The van der Waals surface area contributed by atoms with Crippen molar-refractivity contribution in [3.63, 3.8) is 0 Å². The molecule has 0 fully saturated rings. The van der Waals surface area contributed by atoms with Crippen LogP contribution in [0, 0.1) is 0 Å². The molecule has 0 aliphatic heterocycles. The predicted octanol–water partition coefficient (Wildman–Crippen LogP) is 0.900. The molecule has 0 spiro atoms. The fourth-order valence-corrected chi connectivity index (χ4v) is 0.670. The second kappa shape index (κ2) is 6.26. The summed E-state index contributed by atoms with van der Waals surface area (Å²) in [5, 5.41) is 2.91. The Kier molecular flexibility index (Phi) is 5.66. The van der Waals surface area contributed by atoms with Gasteiger partial charge in [0, 0.05) is 13.1 Å². The Labute approximate surface area is 97.0 Å². The SMILES string of the molecule is O=C(NC/C=C/CNC(=O)C(F)(F)F)C(F)(F)F. The summed E-state index contributed by atoms with van der Waals surface area (Å²) in [5.74, 6) is -4.32. The van der Waals surface area contributed by atoms with Crippen LogP contribution in [0.2, 0.25) is 0 Å². The van der Waals surface area contributed by atoms with Gasteiger partial charge in [0.15, 0.2) is 0 Å². The fourth-order valence-electron chi connectivity index (χ4n) is 0.670. The maximum absolute atomic E-state index is 11.6. The van der Waals surface area contributed by atoms with E-state index < -0.39 is 37.3 Å². The Morgan fingerprint density at radius 2 is 1.06 bits per heavy atom. The van der Waals surface area contributed by atoms with Crippen molar-refractivity contribution in [1.29, 1.82) is 0 Å². The number of nitrogens with one attached hydrogen (secondary N) is 2. The van der Waals surface area contributed by atoms with Gasteiger partial charge in [0.05, 0.1) is 0 Å². The Bertz CT molecular complexity index is 301. The highest BCUT2D eigenvalue weighted by Crippen LogP contribution is 2.14. The molecule has 0 rings (SSSR count). The van der Waals surface area contributed by atoms with Crippen LogP contribution in [0.15, 0.2) is 12.2 Å². The van der Waals surface area contributed by atoms with E-state index in [1.807, 2.05) is 0 Å². The van der Waals surface area contributed by atoms with Gasteiger partial charge in [0.2, 0.25) is 0 Å². The molecule has 4 nitrogen and oxygen atoms in total. The monoisotopic (exact) mass is 278 g/mol. The molecular formula is C8H8F6N2O2. The van der Waals surface area contributed by atoms with Gasteiger partial charge in [-0.2, -0.15) is 26.3 Å². The standard InChI is InChI=1S/C8H8F6N2O2/c9-7(10,11)5(17)15-3-1-2-4-16-6(18)8(12,13)14/h1-2H,3-4H2,(H,15,17)(H,16,18)/b2-1+. The average Bonchev–Trinajstić information content (AvgIpc) is 2.19. The van der Waals surface area contributed by atoms with Crippen LogP contribution in [-0.4, -0.2) is 37.3 Å². The highest BCUT2D eigenvalue weighted by atomic mass is 19.4. The molecule has 0 aromatic heterocycles. The molecule has 18 heavy (non-hydrogen) atoms. The van der Waals surface area contributed by atoms with Crippen LogP contribution in [0.5, 0.6) is 0 Å². The topological polar surface area (TPSA) is 58.2 Å². The van der Waals surface area contributed by atoms with Crippen molar-refractivity contribution in [1.82, 2.24) is 10.6 Å². The van der Waals surface area contributed by atoms with Gasteiger partial charge in [-0.15, -0.1) is 0 Å². The first kappa shape index (κ1) is 16.3. The van der Waals surface area contributed by atoms with Gasteiger partial charge in [0.1, 0.15) is 0 Å². The van der Waals surface area contributed by atoms with Crippen LogP contribution in [0.3, 0.4) is 0 Å². The molecule has 0 aliphatic carbocycles. The first-order chi connectivity index (χ1) is 8.05. The van der Waals surface area contributed by atoms with Crippen LogP contribution in [0.1, 0.15) is 0 Å². The maximum Gasteiger partial charge on any atom is 0.471 e. The van der Waals surface area contributed by atoms with Gasteiger partial charge in [0.25, 0.3) is 0 Å². The first-order valence-corrected chi connectivity index (χ1v) is 4.40. The van der Waals surface area contributed by atoms with Gasteiger partial charge in [-0.25, -0.2) is 0 Å². The van der Waals surface area contributed by atoms with E-state index in [2.05, 4.69) is 0 Å². The quantitative estimate of drug-likeness (QED) is 0.593. The molecular weight excluding hydrogens is 270 g/mol. The number of alkyl halides is 6. The van der Waals surface area contributed by atoms with E-state index in [1.54, 1.807) is 0 Å². The molecule has 0 aliphatic rings. The summed E-state index contributed by atoms with van der Waals surface area (Å²) in [5.41, 5.74) is 0. The summed E-state index contributed by atoms with van der Waals surface area (Å²) in [6.45, 7) is -1.03. The molecule has 0 radical (unpaired) electrons. The summed E-state index contributed by atoms with van der Waals surface area (Å²) >= 11 is 0. The molecule has 0 saturated carbocycles. The van der Waals surface area contributed by atoms with Crippen molar-refractivity contribution < 1.29 is 35.9 Å². The third-order valence-electron chi connectivity index (χ3n) is 1.44. The number of rotatable bonds is 4. The van der Waals surface area contributed by atoms with E-state index in [9.17, 15) is 35.9 Å². The van der Waals surface area contributed by atoms with Crippen molar-refractivity contribution in [3.05, 3.63) is 12.2 Å². The van der Waals surface area contributed by atoms with Crippen LogP contribution in [0.25, 0.3) is 0 Å². The lowest BCUT2D eigenvalue weighted by atomic mass is 10.4. The zero-order valence-corrected chi connectivity index (χ0v) is 8.65. The van der Waals surface area contributed by atoms with Crippen LogP contribution >= 0.6 is 0 Å². The van der Waals surface area contributed by atoms with Crippen LogP contribution in [-0.2, 0) is 9.59 Å². The minimum atomic E-state index is -5.02. The van der Waals surface area contributed by atoms with Gasteiger partial charge < -0.3 is 10.6 Å². The van der Waals surface area contributed by atoms with Crippen LogP contribution in [0.4, 0.5) is 26.3 Å². The number of hydrogen-bond donors (Lipinski definition) is 2. The minimum absolute atomic E-state index is 0.514. The number of amides is 2. The van der Waals surface area contributed by atoms with E-state index in [4.69, 9.17) is 0 Å². The molecule has 2 amide bonds. The van der Waals surface area contributed by atoms with E-state index in [0.717, 1.165) is 12.2 Å². The molecule has 0 aromatic rings. The normalized spacial score (nSPS) is 12.6. The Hall–Kier alpha value is -1.74. The maximum atomic E-state index is 11.6. The van der Waals surface area contributed by atoms with E-state index in [1.165, 1.54) is 10.6 Å². The lowest BCUT2D eigenvalue weighted by molar-refractivity contribution is -0.173. The minimum Gasteiger partial charge on any atom is -0.345 e. The summed E-state index contributed by atoms with van der Waals surface area (Å²) in [4.78, 5) is 20.5. The largest absolute Gasteiger partial charge is 0.471 e. The Morgan fingerprint density at radius 3 is 1.28 bits per heavy atom. The zero-order chi connectivity index (χ0) is 14.4. The zero-order valence-electron chi connectivity index (χ0n) is 8.65. The van der Waals surface area contributed by atoms with Crippen molar-refractivity contribution in [3.8, 4) is 0 Å². The van der Waals surface area contributed by atoms with Gasteiger partial charge in [-0.1, -0.05) is 12.2 Å². The fraction of sp³-hybridized carbons (Fsp3) is 0.500. The highest BCUT2D eigenvalue weighted by molar-refractivity contribution is 5.82. The molecule has 0 heterocycles. The number of carbonyl (C=O) groups excluding carboxylic acids is 2. The molecule has 0 atom stereocenters. The summed E-state index contributed by atoms with van der Waals surface area (Å²) in [6.07, 6.45) is -8.09. The third kappa shape index (κ3) is 6.76. The summed E-state index contributed by atoms with van der Waals surface area (Å²) < 4.78 is 69.9. The Balaban J connectivity index is 3.81. The molecule has 10 heteroatoms. The second-order valence-corrected chi connectivity index (χ2v) is 2.89. The van der Waals surface area contributed by atoms with E-state index in [-0.39, 0.29) is 0 Å². The van der Waals surface area contributed by atoms with E-state index >= 15 is 0 Å². The summed E-state index contributed by atoms with van der Waals surface area (Å²) in [6, 6.07) is 0. The molecule has 104 valence electrons. The number of halogens is 6. The first-order valence-electron chi connectivity index (χ1n) is 4.40. The van der Waals surface area contributed by atoms with Gasteiger partial charge >= 0.3 is 24.2 Å². The molecule has 2 N–H and O–H groups in total. The van der Waals surface area contributed by atoms with Crippen molar-refractivity contribution >= 4 is 11.8 Å². The summed E-state index contributed by atoms with van der Waals surface area (Å²) in [7, 11) is 0. The lowest BCUT2D eigenvalue weighted by Crippen LogP contribution is -2.37. The molecule has 0 aromatic carbocycles. The van der Waals surface area contributed by atoms with Crippen molar-refractivity contribution in [2.45, 2.75) is 12.4 Å². The van der Waals surface area contributed by atoms with E-state index in [0.29, 0.717) is 0 Å². The molecule has 0 saturated heterocycles. The highest BCUT2D eigenvalue weighted by Gasteiger charge is 2.38. The van der Waals surface area contributed by atoms with Crippen molar-refractivity contribution in [2.24, 2.45) is 0 Å². The predicted molar refractivity (Wildman–Crippen MR) is 47.3 cm³/mol. The van der Waals surface area contributed by atoms with Crippen LogP contribution < -0.4 is 10.6 Å². The molecule has 0 unspecified atom stereocenters. The number of carbonyl (C=O) groups is 2. The average molecular weight is 278 g/mol. The number of hydrogen-bond acceptors (Lipinski definition) is 2. The van der Waals surface area contributed by atoms with Gasteiger partial charge in [-0.3, -0.25) is 9.59 Å². The third-order valence-corrected chi connectivity index (χ3v) is 1.44. The van der Waals surface area contributed by atoms with Crippen molar-refractivity contribution in [2.75, 3.05) is 13.1 Å².